The monoisotopic (exact) mass is 594 g/mol. The SMILES string of the molecule is Cc1ccc(C(C)C)c(NC(=S)NC(=O)NCCCCc2ccc(-c3ncn(-c4ccc(C(F)(F)F)cc4)n3)cc2)c1. The minimum absolute atomic E-state index is 0.249. The molecule has 4 rings (SSSR count). The number of unbranched alkanes of at least 4 members (excludes halogenated alkanes) is 1. The van der Waals surface area contributed by atoms with E-state index in [2.05, 4.69) is 52.0 Å². The number of rotatable bonds is 9. The summed E-state index contributed by atoms with van der Waals surface area (Å²) in [6, 6.07) is 18.4. The van der Waals surface area contributed by atoms with Crippen molar-refractivity contribution in [2.75, 3.05) is 11.9 Å². The molecular formula is C31H33F3N6OS. The van der Waals surface area contributed by atoms with E-state index in [-0.39, 0.29) is 11.1 Å². The van der Waals surface area contributed by atoms with E-state index in [1.54, 1.807) is 0 Å². The second-order valence-corrected chi connectivity index (χ2v) is 10.7. The van der Waals surface area contributed by atoms with E-state index in [1.165, 1.54) is 23.1 Å². The number of anilines is 1. The molecule has 0 bridgehead atoms. The third-order valence-electron chi connectivity index (χ3n) is 6.65. The van der Waals surface area contributed by atoms with Crippen LogP contribution in [0.5, 0.6) is 0 Å². The largest absolute Gasteiger partial charge is 0.416 e. The number of nitrogens with one attached hydrogen (secondary N) is 3. The number of aryl methyl sites for hydroxylation is 2. The van der Waals surface area contributed by atoms with Crippen LogP contribution in [0.2, 0.25) is 0 Å². The minimum Gasteiger partial charge on any atom is -0.338 e. The molecule has 7 nitrogen and oxygen atoms in total. The Balaban J connectivity index is 1.19. The lowest BCUT2D eigenvalue weighted by Gasteiger charge is -2.16. The second-order valence-electron chi connectivity index (χ2n) is 10.3. The van der Waals surface area contributed by atoms with E-state index in [4.69, 9.17) is 12.2 Å². The molecule has 0 aliphatic rings. The number of aromatic nitrogens is 3. The van der Waals surface area contributed by atoms with Crippen molar-refractivity contribution in [2.24, 2.45) is 0 Å². The van der Waals surface area contributed by atoms with E-state index >= 15 is 0 Å². The minimum atomic E-state index is -4.38. The van der Waals surface area contributed by atoms with Gasteiger partial charge in [0.05, 0.1) is 11.3 Å². The Bertz CT molecular complexity index is 1520. The summed E-state index contributed by atoms with van der Waals surface area (Å²) in [5, 5.41) is 13.3. The number of carbonyl (C=O) groups is 1. The molecule has 0 fully saturated rings. The van der Waals surface area contributed by atoms with Crippen LogP contribution in [-0.4, -0.2) is 32.5 Å². The topological polar surface area (TPSA) is 83.9 Å². The first-order valence-corrected chi connectivity index (χ1v) is 14.1. The van der Waals surface area contributed by atoms with Crippen molar-refractivity contribution in [3.05, 3.63) is 95.3 Å². The fraction of sp³-hybridized carbons (Fsp3) is 0.290. The van der Waals surface area contributed by atoms with Gasteiger partial charge in [-0.1, -0.05) is 50.2 Å². The number of carbonyl (C=O) groups excluding carboxylic acids is 1. The molecule has 1 aromatic heterocycles. The van der Waals surface area contributed by atoms with Gasteiger partial charge in [-0.25, -0.2) is 14.5 Å². The molecule has 0 aliphatic heterocycles. The van der Waals surface area contributed by atoms with Crippen molar-refractivity contribution in [1.29, 1.82) is 0 Å². The van der Waals surface area contributed by atoms with Gasteiger partial charge in [-0.15, -0.1) is 5.10 Å². The van der Waals surface area contributed by atoms with E-state index in [0.29, 0.717) is 24.0 Å². The number of hydrogen-bond donors (Lipinski definition) is 3. The predicted molar refractivity (Wildman–Crippen MR) is 163 cm³/mol. The van der Waals surface area contributed by atoms with Crippen LogP contribution in [-0.2, 0) is 12.6 Å². The predicted octanol–water partition coefficient (Wildman–Crippen LogP) is 7.40. The summed E-state index contributed by atoms with van der Waals surface area (Å²) in [4.78, 5) is 16.6. The number of halogens is 3. The molecule has 3 N–H and O–H groups in total. The molecule has 1 heterocycles. The van der Waals surface area contributed by atoms with E-state index in [0.717, 1.165) is 59.3 Å². The van der Waals surface area contributed by atoms with Crippen molar-refractivity contribution >= 4 is 29.0 Å². The van der Waals surface area contributed by atoms with Crippen molar-refractivity contribution in [3.8, 4) is 17.1 Å². The van der Waals surface area contributed by atoms with Crippen LogP contribution in [0.3, 0.4) is 0 Å². The summed E-state index contributed by atoms with van der Waals surface area (Å²) in [7, 11) is 0. The number of nitrogens with zero attached hydrogens (tertiary/aromatic N) is 3. The number of thiocarbonyl (C=S) groups is 1. The van der Waals surface area contributed by atoms with Crippen molar-refractivity contribution < 1.29 is 18.0 Å². The smallest absolute Gasteiger partial charge is 0.338 e. The summed E-state index contributed by atoms with van der Waals surface area (Å²) in [6.45, 7) is 6.73. The van der Waals surface area contributed by atoms with Gasteiger partial charge in [0.1, 0.15) is 6.33 Å². The molecule has 0 saturated carbocycles. The standard InChI is InChI=1S/C31H33F3N6OS/c1-20(2)26-16-7-21(3)18-27(26)37-30(42)38-29(41)35-17-5-4-6-22-8-10-23(11-9-22)28-36-19-40(39-28)25-14-12-24(13-15-25)31(32,33)34/h7-16,18-20H,4-6,17H2,1-3H3,(H3,35,37,38,41,42). The zero-order valence-corrected chi connectivity index (χ0v) is 24.4. The van der Waals surface area contributed by atoms with Gasteiger partial charge in [0.2, 0.25) is 0 Å². The molecule has 3 aromatic carbocycles. The van der Waals surface area contributed by atoms with Gasteiger partial charge in [0.25, 0.3) is 0 Å². The Morgan fingerprint density at radius 3 is 2.38 bits per heavy atom. The number of benzene rings is 3. The lowest BCUT2D eigenvalue weighted by atomic mass is 9.99. The third-order valence-corrected chi connectivity index (χ3v) is 6.85. The van der Waals surface area contributed by atoms with Gasteiger partial charge < -0.3 is 10.6 Å². The average Bonchev–Trinajstić information content (AvgIpc) is 3.43. The van der Waals surface area contributed by atoms with E-state index in [9.17, 15) is 18.0 Å². The van der Waals surface area contributed by atoms with Crippen molar-refractivity contribution in [1.82, 2.24) is 25.4 Å². The van der Waals surface area contributed by atoms with Crippen LogP contribution in [0.15, 0.2) is 73.1 Å². The lowest BCUT2D eigenvalue weighted by molar-refractivity contribution is -0.137. The van der Waals surface area contributed by atoms with Crippen LogP contribution in [0, 0.1) is 6.92 Å². The van der Waals surface area contributed by atoms with Crippen molar-refractivity contribution in [2.45, 2.75) is 52.1 Å². The molecule has 4 aromatic rings. The van der Waals surface area contributed by atoms with Crippen LogP contribution in [0.25, 0.3) is 17.1 Å². The van der Waals surface area contributed by atoms with Crippen molar-refractivity contribution in [3.63, 3.8) is 0 Å². The summed E-state index contributed by atoms with van der Waals surface area (Å²) in [5.74, 6) is 0.795. The van der Waals surface area contributed by atoms with Gasteiger partial charge in [0.15, 0.2) is 10.9 Å². The average molecular weight is 595 g/mol. The highest BCUT2D eigenvalue weighted by atomic mass is 32.1. The quantitative estimate of drug-likeness (QED) is 0.139. The molecule has 0 atom stereocenters. The highest BCUT2D eigenvalue weighted by Gasteiger charge is 2.30. The Kier molecular flexibility index (Phi) is 9.95. The van der Waals surface area contributed by atoms with Gasteiger partial charge in [-0.3, -0.25) is 5.32 Å². The summed E-state index contributed by atoms with van der Waals surface area (Å²) in [5.41, 5.74) is 4.84. The van der Waals surface area contributed by atoms with Crippen LogP contribution < -0.4 is 16.0 Å². The maximum Gasteiger partial charge on any atom is 0.416 e. The van der Waals surface area contributed by atoms with Gasteiger partial charge in [0, 0.05) is 17.8 Å². The highest BCUT2D eigenvalue weighted by molar-refractivity contribution is 7.80. The van der Waals surface area contributed by atoms with Gasteiger partial charge >= 0.3 is 12.2 Å². The van der Waals surface area contributed by atoms with Crippen LogP contribution in [0.1, 0.15) is 54.9 Å². The molecule has 0 spiro atoms. The Morgan fingerprint density at radius 2 is 1.71 bits per heavy atom. The van der Waals surface area contributed by atoms with E-state index in [1.807, 2.05) is 37.3 Å². The third kappa shape index (κ3) is 8.39. The number of amides is 2. The zero-order valence-electron chi connectivity index (χ0n) is 23.6. The first kappa shape index (κ1) is 30.7. The molecule has 0 unspecified atom stereocenters. The molecule has 11 heteroatoms. The molecular weight excluding hydrogens is 561 g/mol. The van der Waals surface area contributed by atoms with Crippen LogP contribution >= 0.6 is 12.2 Å². The number of urea groups is 1. The Morgan fingerprint density at radius 1 is 1.00 bits per heavy atom. The summed E-state index contributed by atoms with van der Waals surface area (Å²) in [6.07, 6.45) is -0.398. The lowest BCUT2D eigenvalue weighted by Crippen LogP contribution is -2.42. The van der Waals surface area contributed by atoms with Gasteiger partial charge in [-0.2, -0.15) is 13.2 Å². The second kappa shape index (κ2) is 13.6. The molecule has 0 saturated heterocycles. The summed E-state index contributed by atoms with van der Waals surface area (Å²) < 4.78 is 39.9. The molecule has 0 aliphatic carbocycles. The highest BCUT2D eigenvalue weighted by Crippen LogP contribution is 2.30. The Hall–Kier alpha value is -4.25. The molecule has 220 valence electrons. The normalized spacial score (nSPS) is 11.4. The summed E-state index contributed by atoms with van der Waals surface area (Å²) >= 11 is 5.33. The zero-order chi connectivity index (χ0) is 30.3. The maximum atomic E-state index is 12.8. The van der Waals surface area contributed by atoms with E-state index < -0.39 is 11.7 Å². The van der Waals surface area contributed by atoms with Crippen LogP contribution in [0.4, 0.5) is 23.7 Å². The molecule has 42 heavy (non-hydrogen) atoms. The first-order valence-electron chi connectivity index (χ1n) is 13.6. The molecule has 0 radical (unpaired) electrons. The first-order chi connectivity index (χ1) is 20.0. The van der Waals surface area contributed by atoms with Gasteiger partial charge in [-0.05, 0) is 91.3 Å². The Labute approximate surface area is 248 Å². The number of alkyl halides is 3. The fourth-order valence-electron chi connectivity index (χ4n) is 4.38. The number of hydrogen-bond acceptors (Lipinski definition) is 4. The molecule has 2 amide bonds. The maximum absolute atomic E-state index is 12.8. The fourth-order valence-corrected chi connectivity index (χ4v) is 4.58.